The first-order valence-corrected chi connectivity index (χ1v) is 5.49. The van der Waals surface area contributed by atoms with E-state index in [1.54, 1.807) is 36.5 Å². The Labute approximate surface area is 103 Å². The van der Waals surface area contributed by atoms with Crippen LogP contribution in [-0.4, -0.2) is 10.4 Å². The fourth-order valence-corrected chi connectivity index (χ4v) is 1.68. The molecule has 0 aliphatic rings. The molecule has 0 amide bonds. The van der Waals surface area contributed by atoms with Crippen LogP contribution in [0.2, 0.25) is 5.02 Å². The minimum Gasteiger partial charge on any atom is -0.306 e. The summed E-state index contributed by atoms with van der Waals surface area (Å²) in [6, 6.07) is 12.0. The van der Waals surface area contributed by atoms with Crippen LogP contribution in [0.4, 0.5) is 0 Å². The van der Waals surface area contributed by atoms with E-state index >= 15 is 0 Å². The molecule has 86 valence electrons. The summed E-state index contributed by atoms with van der Waals surface area (Å²) < 4.78 is 1.30. The molecule has 1 heterocycles. The van der Waals surface area contributed by atoms with E-state index in [9.17, 15) is 9.59 Å². The van der Waals surface area contributed by atoms with Crippen molar-refractivity contribution in [2.24, 2.45) is 0 Å². The molecular formula is C13H10ClNO2. The lowest BCUT2D eigenvalue weighted by Crippen LogP contribution is -2.23. The minimum atomic E-state index is -0.349. The molecule has 0 fully saturated rings. The minimum absolute atomic E-state index is 0.00338. The van der Waals surface area contributed by atoms with Gasteiger partial charge in [-0.15, -0.1) is 0 Å². The third kappa shape index (κ3) is 2.63. The van der Waals surface area contributed by atoms with Crippen molar-refractivity contribution in [3.05, 3.63) is 69.6 Å². The number of carbonyl (C=O) groups excluding carboxylic acids is 1. The van der Waals surface area contributed by atoms with Gasteiger partial charge in [-0.1, -0.05) is 41.9 Å². The Morgan fingerprint density at radius 1 is 1.12 bits per heavy atom. The molecule has 2 rings (SSSR count). The first kappa shape index (κ1) is 11.6. The average Bonchev–Trinajstić information content (AvgIpc) is 2.36. The quantitative estimate of drug-likeness (QED) is 0.782. The van der Waals surface area contributed by atoms with Crippen molar-refractivity contribution in [1.82, 2.24) is 4.57 Å². The molecule has 0 aliphatic carbocycles. The first-order valence-electron chi connectivity index (χ1n) is 5.11. The molecule has 0 atom stereocenters. The highest BCUT2D eigenvalue weighted by molar-refractivity contribution is 6.30. The van der Waals surface area contributed by atoms with Gasteiger partial charge in [0.2, 0.25) is 0 Å². The van der Waals surface area contributed by atoms with Gasteiger partial charge >= 0.3 is 0 Å². The zero-order valence-corrected chi connectivity index (χ0v) is 9.72. The lowest BCUT2D eigenvalue weighted by molar-refractivity contribution is 0.0971. The SMILES string of the molecule is O=C(Cn1cccc(Cl)c1=O)c1ccccc1. The Kier molecular flexibility index (Phi) is 3.40. The summed E-state index contributed by atoms with van der Waals surface area (Å²) in [5.74, 6) is -0.116. The van der Waals surface area contributed by atoms with Gasteiger partial charge in [-0.05, 0) is 12.1 Å². The molecular weight excluding hydrogens is 238 g/mol. The van der Waals surface area contributed by atoms with E-state index in [1.807, 2.05) is 6.07 Å². The van der Waals surface area contributed by atoms with E-state index in [-0.39, 0.29) is 22.9 Å². The van der Waals surface area contributed by atoms with Crippen molar-refractivity contribution in [1.29, 1.82) is 0 Å². The summed E-state index contributed by atoms with van der Waals surface area (Å²) in [5.41, 5.74) is 0.234. The molecule has 17 heavy (non-hydrogen) atoms. The molecule has 1 aromatic carbocycles. The monoisotopic (exact) mass is 247 g/mol. The third-order valence-corrected chi connectivity index (χ3v) is 2.67. The molecule has 0 unspecified atom stereocenters. The molecule has 0 saturated heterocycles. The highest BCUT2D eigenvalue weighted by Gasteiger charge is 2.08. The summed E-state index contributed by atoms with van der Waals surface area (Å²) in [7, 11) is 0. The van der Waals surface area contributed by atoms with Crippen LogP contribution in [0.3, 0.4) is 0 Å². The van der Waals surface area contributed by atoms with Gasteiger partial charge in [-0.3, -0.25) is 9.59 Å². The Hall–Kier alpha value is -1.87. The Morgan fingerprint density at radius 3 is 2.53 bits per heavy atom. The van der Waals surface area contributed by atoms with E-state index < -0.39 is 0 Å². The van der Waals surface area contributed by atoms with E-state index in [2.05, 4.69) is 0 Å². The second kappa shape index (κ2) is 4.97. The molecule has 0 spiro atoms. The van der Waals surface area contributed by atoms with Gasteiger partial charge in [0, 0.05) is 11.8 Å². The molecule has 1 aromatic heterocycles. The number of hydrogen-bond donors (Lipinski definition) is 0. The third-order valence-electron chi connectivity index (χ3n) is 2.38. The number of rotatable bonds is 3. The number of hydrogen-bond acceptors (Lipinski definition) is 2. The maximum atomic E-state index is 11.9. The van der Waals surface area contributed by atoms with Crippen LogP contribution in [0, 0.1) is 0 Å². The largest absolute Gasteiger partial charge is 0.306 e. The Morgan fingerprint density at radius 2 is 1.82 bits per heavy atom. The number of carbonyl (C=O) groups is 1. The van der Waals surface area contributed by atoms with Gasteiger partial charge in [0.1, 0.15) is 5.02 Å². The summed E-state index contributed by atoms with van der Waals surface area (Å²) in [6.07, 6.45) is 1.55. The molecule has 0 N–H and O–H groups in total. The van der Waals surface area contributed by atoms with Crippen LogP contribution in [-0.2, 0) is 6.54 Å². The van der Waals surface area contributed by atoms with Gasteiger partial charge in [0.15, 0.2) is 5.78 Å². The van der Waals surface area contributed by atoms with Gasteiger partial charge in [0.25, 0.3) is 5.56 Å². The van der Waals surface area contributed by atoms with E-state index in [1.165, 1.54) is 10.6 Å². The standard InChI is InChI=1S/C13H10ClNO2/c14-11-7-4-8-15(13(11)17)9-12(16)10-5-2-1-3-6-10/h1-8H,9H2. The predicted molar refractivity (Wildman–Crippen MR) is 66.5 cm³/mol. The molecule has 0 radical (unpaired) electrons. The summed E-state index contributed by atoms with van der Waals surface area (Å²) in [6.45, 7) is 0.00338. The first-order chi connectivity index (χ1) is 8.18. The van der Waals surface area contributed by atoms with Crippen LogP contribution >= 0.6 is 11.6 Å². The van der Waals surface area contributed by atoms with Crippen LogP contribution in [0.25, 0.3) is 0 Å². The van der Waals surface area contributed by atoms with Crippen molar-refractivity contribution in [2.75, 3.05) is 0 Å². The normalized spacial score (nSPS) is 10.2. The van der Waals surface area contributed by atoms with Crippen LogP contribution < -0.4 is 5.56 Å². The van der Waals surface area contributed by atoms with E-state index in [4.69, 9.17) is 11.6 Å². The second-order valence-electron chi connectivity index (χ2n) is 3.58. The lowest BCUT2D eigenvalue weighted by Gasteiger charge is -2.04. The highest BCUT2D eigenvalue weighted by atomic mass is 35.5. The number of pyridine rings is 1. The molecule has 3 nitrogen and oxygen atoms in total. The zero-order chi connectivity index (χ0) is 12.3. The van der Waals surface area contributed by atoms with Crippen molar-refractivity contribution < 1.29 is 4.79 Å². The number of ketones is 1. The fourth-order valence-electron chi connectivity index (χ4n) is 1.50. The number of nitrogens with zero attached hydrogens (tertiary/aromatic N) is 1. The van der Waals surface area contributed by atoms with Gasteiger partial charge in [0.05, 0.1) is 6.54 Å². The van der Waals surface area contributed by atoms with Gasteiger partial charge < -0.3 is 4.57 Å². The predicted octanol–water partition coefficient (Wildman–Crippen LogP) is 2.38. The maximum Gasteiger partial charge on any atom is 0.269 e. The lowest BCUT2D eigenvalue weighted by atomic mass is 10.1. The van der Waals surface area contributed by atoms with Crippen molar-refractivity contribution in [3.8, 4) is 0 Å². The van der Waals surface area contributed by atoms with Crippen molar-refractivity contribution in [2.45, 2.75) is 6.54 Å². The maximum absolute atomic E-state index is 11.9. The topological polar surface area (TPSA) is 39.1 Å². The van der Waals surface area contributed by atoms with Gasteiger partial charge in [-0.2, -0.15) is 0 Å². The van der Waals surface area contributed by atoms with Crippen LogP contribution in [0.5, 0.6) is 0 Å². The zero-order valence-electron chi connectivity index (χ0n) is 8.97. The second-order valence-corrected chi connectivity index (χ2v) is 3.99. The number of Topliss-reactive ketones (excluding diaryl/α,β-unsaturated/α-hetero) is 1. The van der Waals surface area contributed by atoms with E-state index in [0.29, 0.717) is 5.56 Å². The van der Waals surface area contributed by atoms with Crippen LogP contribution in [0.1, 0.15) is 10.4 Å². The average molecular weight is 248 g/mol. The Balaban J connectivity index is 2.25. The summed E-state index contributed by atoms with van der Waals surface area (Å²) >= 11 is 5.70. The van der Waals surface area contributed by atoms with Crippen LogP contribution in [0.15, 0.2) is 53.5 Å². The smallest absolute Gasteiger partial charge is 0.269 e. The summed E-state index contributed by atoms with van der Waals surface area (Å²) in [5, 5.41) is 0.119. The molecule has 2 aromatic rings. The molecule has 4 heteroatoms. The number of aromatic nitrogens is 1. The number of benzene rings is 1. The van der Waals surface area contributed by atoms with Gasteiger partial charge in [-0.25, -0.2) is 0 Å². The Bertz CT molecular complexity index is 590. The molecule has 0 aliphatic heterocycles. The van der Waals surface area contributed by atoms with Crippen molar-refractivity contribution in [3.63, 3.8) is 0 Å². The van der Waals surface area contributed by atoms with E-state index in [0.717, 1.165) is 0 Å². The fraction of sp³-hybridized carbons (Fsp3) is 0.0769. The number of halogens is 1. The highest BCUT2D eigenvalue weighted by Crippen LogP contribution is 2.03. The summed E-state index contributed by atoms with van der Waals surface area (Å²) in [4.78, 5) is 23.5. The molecule has 0 bridgehead atoms. The van der Waals surface area contributed by atoms with Crippen molar-refractivity contribution >= 4 is 17.4 Å². The molecule has 0 saturated carbocycles.